The highest BCUT2D eigenvalue weighted by molar-refractivity contribution is 6.03. The third-order valence-corrected chi connectivity index (χ3v) is 6.09. The summed E-state index contributed by atoms with van der Waals surface area (Å²) in [5.41, 5.74) is 6.28. The first kappa shape index (κ1) is 26.1. The molecule has 1 aliphatic heterocycles. The lowest BCUT2D eigenvalue weighted by Crippen LogP contribution is -2.22. The fraction of sp³-hybridized carbons (Fsp3) is 0.367. The minimum Gasteiger partial charge on any atom is -0.507 e. The summed E-state index contributed by atoms with van der Waals surface area (Å²) in [5, 5.41) is 31.9. The van der Waals surface area contributed by atoms with Gasteiger partial charge in [-0.1, -0.05) is 34.9 Å². The van der Waals surface area contributed by atoms with Gasteiger partial charge in [0.2, 0.25) is 0 Å². The van der Waals surface area contributed by atoms with E-state index in [-0.39, 0.29) is 40.8 Å². The molecule has 3 N–H and O–H groups in total. The van der Waals surface area contributed by atoms with Gasteiger partial charge in [-0.25, -0.2) is 0 Å². The Bertz CT molecular complexity index is 1180. The number of carbonyl (C=O) groups is 1. The lowest BCUT2D eigenvalue weighted by atomic mass is 9.90. The normalized spacial score (nSPS) is 14.6. The molecule has 5 nitrogen and oxygen atoms in total. The number of fused-ring (bicyclic) bond motifs is 1. The molecule has 0 fully saturated rings. The van der Waals surface area contributed by atoms with E-state index >= 15 is 0 Å². The number of hydrogen-bond donors (Lipinski definition) is 3. The van der Waals surface area contributed by atoms with Crippen LogP contribution in [0, 0.1) is 0 Å². The van der Waals surface area contributed by atoms with E-state index in [1.807, 2.05) is 59.8 Å². The van der Waals surface area contributed by atoms with Gasteiger partial charge in [-0.15, -0.1) is 0 Å². The van der Waals surface area contributed by atoms with Crippen molar-refractivity contribution in [1.82, 2.24) is 0 Å². The number of allylic oxidation sites excluding steroid dienone is 6. The van der Waals surface area contributed by atoms with Gasteiger partial charge in [-0.3, -0.25) is 4.79 Å². The predicted molar refractivity (Wildman–Crippen MR) is 140 cm³/mol. The van der Waals surface area contributed by atoms with E-state index < -0.39 is 6.10 Å². The van der Waals surface area contributed by atoms with E-state index in [9.17, 15) is 20.1 Å². The maximum Gasteiger partial charge on any atom is 0.174 e. The van der Waals surface area contributed by atoms with E-state index in [0.29, 0.717) is 24.8 Å². The van der Waals surface area contributed by atoms with E-state index in [1.165, 1.54) is 6.07 Å². The monoisotopic (exact) mass is 476 g/mol. The topological polar surface area (TPSA) is 87.0 Å². The average Bonchev–Trinajstić information content (AvgIpc) is 2.76. The second kappa shape index (κ2) is 10.9. The van der Waals surface area contributed by atoms with Gasteiger partial charge in [-0.2, -0.15) is 0 Å². The molecule has 0 unspecified atom stereocenters. The first-order valence-electron chi connectivity index (χ1n) is 12.0. The third kappa shape index (κ3) is 6.16. The maximum absolute atomic E-state index is 13.2. The molecule has 2 aromatic rings. The summed E-state index contributed by atoms with van der Waals surface area (Å²) in [6.45, 7) is 12.0. The molecule has 0 saturated carbocycles. The van der Waals surface area contributed by atoms with Crippen LogP contribution in [-0.2, 0) is 19.3 Å². The number of carbonyl (C=O) groups excluding carboxylic acids is 1. The highest BCUT2D eigenvalue weighted by Gasteiger charge is 2.34. The molecule has 0 bridgehead atoms. The van der Waals surface area contributed by atoms with Crippen LogP contribution in [0.3, 0.4) is 0 Å². The van der Waals surface area contributed by atoms with Crippen LogP contribution < -0.4 is 4.74 Å². The molecule has 0 saturated heterocycles. The van der Waals surface area contributed by atoms with Gasteiger partial charge >= 0.3 is 0 Å². The molecular weight excluding hydrogens is 440 g/mol. The molecule has 3 rings (SSSR count). The van der Waals surface area contributed by atoms with Crippen molar-refractivity contribution in [3.05, 3.63) is 81.0 Å². The molecule has 0 radical (unpaired) electrons. The summed E-state index contributed by atoms with van der Waals surface area (Å²) in [6.07, 6.45) is 7.02. The van der Waals surface area contributed by atoms with Gasteiger partial charge in [0.25, 0.3) is 0 Å². The molecule has 186 valence electrons. The largest absolute Gasteiger partial charge is 0.507 e. The van der Waals surface area contributed by atoms with E-state index in [2.05, 4.69) is 12.2 Å². The standard InChI is InChI=1S/C30H36O5/c1-17(2)7-10-20-13-22(14-21(29(20)34)11-8-18(3)4)27-16-26(33)28-25(32)15-24(31)23(30(28)35-27)12-9-19(5)6/h7-9,13-15,27,31-32,34H,10-12,16H2,1-6H3/t27-/m1/s1. The summed E-state index contributed by atoms with van der Waals surface area (Å²) in [5.74, 6) is -0.138. The number of rotatable bonds is 7. The molecule has 0 spiro atoms. The van der Waals surface area contributed by atoms with Crippen molar-refractivity contribution in [1.29, 1.82) is 0 Å². The van der Waals surface area contributed by atoms with Crippen LogP contribution in [-0.4, -0.2) is 21.1 Å². The number of benzene rings is 2. The Kier molecular flexibility index (Phi) is 8.11. The smallest absolute Gasteiger partial charge is 0.174 e. The summed E-state index contributed by atoms with van der Waals surface area (Å²) in [7, 11) is 0. The second-order valence-corrected chi connectivity index (χ2v) is 9.98. The Morgan fingerprint density at radius 3 is 1.86 bits per heavy atom. The first-order chi connectivity index (χ1) is 16.5. The molecule has 0 amide bonds. The zero-order valence-electron chi connectivity index (χ0n) is 21.5. The number of hydrogen-bond acceptors (Lipinski definition) is 5. The van der Waals surface area contributed by atoms with Gasteiger partial charge in [0.1, 0.15) is 34.7 Å². The van der Waals surface area contributed by atoms with Gasteiger partial charge in [-0.05, 0) is 89.6 Å². The number of ketones is 1. The summed E-state index contributed by atoms with van der Waals surface area (Å²) in [6, 6.07) is 4.99. The quantitative estimate of drug-likeness (QED) is 0.373. The van der Waals surface area contributed by atoms with Gasteiger partial charge in [0.15, 0.2) is 5.78 Å². The zero-order chi connectivity index (χ0) is 25.9. The molecule has 1 aliphatic rings. The minimum absolute atomic E-state index is 0.0579. The predicted octanol–water partition coefficient (Wildman–Crippen LogP) is 7.04. The van der Waals surface area contributed by atoms with Crippen molar-refractivity contribution in [3.63, 3.8) is 0 Å². The van der Waals surface area contributed by atoms with Crippen LogP contribution in [0.5, 0.6) is 23.0 Å². The number of ether oxygens (including phenoxy) is 1. The van der Waals surface area contributed by atoms with Crippen LogP contribution in [0.4, 0.5) is 0 Å². The lowest BCUT2D eigenvalue weighted by Gasteiger charge is -2.29. The van der Waals surface area contributed by atoms with Crippen LogP contribution in [0.1, 0.15) is 86.7 Å². The third-order valence-electron chi connectivity index (χ3n) is 6.09. The zero-order valence-corrected chi connectivity index (χ0v) is 21.5. The molecule has 2 aromatic carbocycles. The highest BCUT2D eigenvalue weighted by Crippen LogP contribution is 2.46. The Hall–Kier alpha value is -3.47. The fourth-order valence-electron chi connectivity index (χ4n) is 4.13. The van der Waals surface area contributed by atoms with Crippen molar-refractivity contribution >= 4 is 5.78 Å². The Balaban J connectivity index is 2.11. The van der Waals surface area contributed by atoms with Crippen molar-refractivity contribution in [2.24, 2.45) is 0 Å². The highest BCUT2D eigenvalue weighted by atomic mass is 16.5. The van der Waals surface area contributed by atoms with Crippen LogP contribution in [0.25, 0.3) is 0 Å². The van der Waals surface area contributed by atoms with Crippen molar-refractivity contribution in [3.8, 4) is 23.0 Å². The Morgan fingerprint density at radius 2 is 1.34 bits per heavy atom. The first-order valence-corrected chi connectivity index (χ1v) is 12.0. The van der Waals surface area contributed by atoms with E-state index in [1.54, 1.807) is 0 Å². The molecule has 0 aromatic heterocycles. The fourth-order valence-corrected chi connectivity index (χ4v) is 4.13. The molecule has 1 heterocycles. The van der Waals surface area contributed by atoms with Gasteiger partial charge in [0.05, 0.1) is 6.42 Å². The Labute approximate surface area is 208 Å². The van der Waals surface area contributed by atoms with Crippen LogP contribution in [0.2, 0.25) is 0 Å². The molecule has 0 aliphatic carbocycles. The maximum atomic E-state index is 13.2. The van der Waals surface area contributed by atoms with E-state index in [0.717, 1.165) is 33.4 Å². The van der Waals surface area contributed by atoms with Gasteiger partial charge in [0, 0.05) is 11.6 Å². The molecular formula is C30H36O5. The molecule has 1 atom stereocenters. The van der Waals surface area contributed by atoms with E-state index in [4.69, 9.17) is 4.74 Å². The van der Waals surface area contributed by atoms with Crippen molar-refractivity contribution in [2.75, 3.05) is 0 Å². The minimum atomic E-state index is -0.599. The number of Topliss-reactive ketones (excluding diaryl/α,β-unsaturated/α-hetero) is 1. The summed E-state index contributed by atoms with van der Waals surface area (Å²) in [4.78, 5) is 13.2. The lowest BCUT2D eigenvalue weighted by molar-refractivity contribution is 0.0842. The van der Waals surface area contributed by atoms with Crippen LogP contribution in [0.15, 0.2) is 53.1 Å². The average molecular weight is 477 g/mol. The number of aromatic hydroxyl groups is 3. The summed E-state index contributed by atoms with van der Waals surface area (Å²) < 4.78 is 6.33. The SMILES string of the molecule is CC(C)=CCc1cc([C@H]2CC(=O)c3c(O)cc(O)c(CC=C(C)C)c3O2)cc(CC=C(C)C)c1O. The molecule has 35 heavy (non-hydrogen) atoms. The summed E-state index contributed by atoms with van der Waals surface area (Å²) >= 11 is 0. The Morgan fingerprint density at radius 1 is 0.829 bits per heavy atom. The van der Waals surface area contributed by atoms with Crippen molar-refractivity contribution in [2.45, 2.75) is 73.3 Å². The van der Waals surface area contributed by atoms with Gasteiger partial charge < -0.3 is 20.1 Å². The van der Waals surface area contributed by atoms with Crippen LogP contribution >= 0.6 is 0 Å². The molecule has 5 heteroatoms. The number of phenolic OH excluding ortho intramolecular Hbond substituents is 3. The van der Waals surface area contributed by atoms with Crippen molar-refractivity contribution < 1.29 is 24.9 Å². The second-order valence-electron chi connectivity index (χ2n) is 9.98. The number of phenols is 3.